The van der Waals surface area contributed by atoms with Crippen molar-refractivity contribution < 1.29 is 8.42 Å². The number of sulfone groups is 1. The van der Waals surface area contributed by atoms with E-state index in [1.165, 1.54) is 0 Å². The van der Waals surface area contributed by atoms with Gasteiger partial charge in [0, 0.05) is 6.54 Å². The largest absolute Gasteiger partial charge is 0.305 e. The molecule has 0 aromatic rings. The maximum absolute atomic E-state index is 11.8. The van der Waals surface area contributed by atoms with Gasteiger partial charge in [0.05, 0.1) is 10.5 Å². The Kier molecular flexibility index (Phi) is 3.35. The van der Waals surface area contributed by atoms with E-state index in [9.17, 15) is 8.42 Å². The maximum Gasteiger partial charge on any atom is 0.156 e. The summed E-state index contributed by atoms with van der Waals surface area (Å²) >= 11 is 0. The van der Waals surface area contributed by atoms with Crippen LogP contribution in [-0.2, 0) is 9.84 Å². The van der Waals surface area contributed by atoms with E-state index in [1.54, 1.807) is 13.8 Å². The minimum Gasteiger partial charge on any atom is -0.305 e. The average molecular weight is 205 g/mol. The number of hydrogen-bond donors (Lipinski definition) is 0. The lowest BCUT2D eigenvalue weighted by Gasteiger charge is -2.30. The second-order valence-electron chi connectivity index (χ2n) is 4.16. The normalized spacial score (nSPS) is 26.6. The molecule has 78 valence electrons. The van der Waals surface area contributed by atoms with E-state index in [1.807, 2.05) is 7.05 Å². The quantitative estimate of drug-likeness (QED) is 0.672. The van der Waals surface area contributed by atoms with Crippen LogP contribution < -0.4 is 0 Å². The van der Waals surface area contributed by atoms with Gasteiger partial charge in [0.15, 0.2) is 9.84 Å². The number of piperidine rings is 1. The van der Waals surface area contributed by atoms with Gasteiger partial charge in [-0.2, -0.15) is 0 Å². The van der Waals surface area contributed by atoms with Crippen LogP contribution in [0.1, 0.15) is 26.7 Å². The summed E-state index contributed by atoms with van der Waals surface area (Å²) in [6, 6.07) is 0. The summed E-state index contributed by atoms with van der Waals surface area (Å²) in [6.07, 6.45) is 1.85. The Hall–Kier alpha value is -0.0900. The highest BCUT2D eigenvalue weighted by Gasteiger charge is 2.31. The summed E-state index contributed by atoms with van der Waals surface area (Å²) in [5, 5.41) is -0.366. The highest BCUT2D eigenvalue weighted by atomic mass is 32.2. The summed E-state index contributed by atoms with van der Waals surface area (Å²) in [6.45, 7) is 5.28. The van der Waals surface area contributed by atoms with Gasteiger partial charge in [-0.1, -0.05) is 0 Å². The Morgan fingerprint density at radius 1 is 1.38 bits per heavy atom. The van der Waals surface area contributed by atoms with Gasteiger partial charge >= 0.3 is 0 Å². The maximum atomic E-state index is 11.8. The van der Waals surface area contributed by atoms with Crippen molar-refractivity contribution in [3.05, 3.63) is 0 Å². The summed E-state index contributed by atoms with van der Waals surface area (Å²) in [5.41, 5.74) is 0. The summed E-state index contributed by atoms with van der Waals surface area (Å²) < 4.78 is 23.6. The van der Waals surface area contributed by atoms with Crippen molar-refractivity contribution in [2.75, 3.05) is 20.1 Å². The lowest BCUT2D eigenvalue weighted by atomic mass is 10.1. The van der Waals surface area contributed by atoms with Gasteiger partial charge < -0.3 is 4.90 Å². The van der Waals surface area contributed by atoms with Crippen molar-refractivity contribution in [3.8, 4) is 0 Å². The van der Waals surface area contributed by atoms with E-state index in [0.717, 1.165) is 19.4 Å². The molecule has 0 N–H and O–H groups in total. The highest BCUT2D eigenvalue weighted by Crippen LogP contribution is 2.19. The van der Waals surface area contributed by atoms with E-state index >= 15 is 0 Å². The van der Waals surface area contributed by atoms with Crippen LogP contribution in [0, 0.1) is 0 Å². The Balaban J connectivity index is 2.71. The van der Waals surface area contributed by atoms with E-state index in [0.29, 0.717) is 6.54 Å². The van der Waals surface area contributed by atoms with Crippen LogP contribution in [0.15, 0.2) is 0 Å². The Morgan fingerprint density at radius 3 is 2.46 bits per heavy atom. The van der Waals surface area contributed by atoms with Crippen LogP contribution in [-0.4, -0.2) is 44.0 Å². The topological polar surface area (TPSA) is 37.4 Å². The Bertz CT molecular complexity index is 259. The van der Waals surface area contributed by atoms with Crippen molar-refractivity contribution in [1.82, 2.24) is 4.90 Å². The summed E-state index contributed by atoms with van der Waals surface area (Å²) in [5.74, 6) is 0. The first kappa shape index (κ1) is 11.0. The fourth-order valence-electron chi connectivity index (χ4n) is 1.77. The van der Waals surface area contributed by atoms with Gasteiger partial charge in [0.1, 0.15) is 0 Å². The van der Waals surface area contributed by atoms with Crippen molar-refractivity contribution in [3.63, 3.8) is 0 Å². The van der Waals surface area contributed by atoms with Crippen LogP contribution in [0.5, 0.6) is 0 Å². The number of rotatable bonds is 2. The van der Waals surface area contributed by atoms with Crippen LogP contribution in [0.2, 0.25) is 0 Å². The van der Waals surface area contributed by atoms with Gasteiger partial charge in [0.25, 0.3) is 0 Å². The third-order valence-corrected chi connectivity index (χ3v) is 5.33. The zero-order valence-corrected chi connectivity index (χ0v) is 9.47. The molecule has 0 radical (unpaired) electrons. The molecule has 1 atom stereocenters. The molecule has 1 fully saturated rings. The third kappa shape index (κ3) is 2.44. The van der Waals surface area contributed by atoms with Gasteiger partial charge in [-0.15, -0.1) is 0 Å². The molecule has 1 saturated heterocycles. The number of nitrogens with zero attached hydrogens (tertiary/aromatic N) is 1. The molecule has 0 saturated carbocycles. The molecule has 0 spiro atoms. The van der Waals surface area contributed by atoms with Crippen molar-refractivity contribution in [1.29, 1.82) is 0 Å². The van der Waals surface area contributed by atoms with Crippen molar-refractivity contribution in [2.24, 2.45) is 0 Å². The predicted molar refractivity (Wildman–Crippen MR) is 54.6 cm³/mol. The van der Waals surface area contributed by atoms with E-state index in [-0.39, 0.29) is 10.5 Å². The van der Waals surface area contributed by atoms with Crippen molar-refractivity contribution >= 4 is 9.84 Å². The van der Waals surface area contributed by atoms with Crippen LogP contribution in [0.25, 0.3) is 0 Å². The minimum atomic E-state index is -2.87. The average Bonchev–Trinajstić information content (AvgIpc) is 2.04. The van der Waals surface area contributed by atoms with E-state index in [4.69, 9.17) is 0 Å². The lowest BCUT2D eigenvalue weighted by molar-refractivity contribution is 0.277. The van der Waals surface area contributed by atoms with Crippen molar-refractivity contribution in [2.45, 2.75) is 37.2 Å². The molecule has 3 nitrogen and oxygen atoms in total. The predicted octanol–water partition coefficient (Wildman–Crippen LogP) is 0.904. The smallest absolute Gasteiger partial charge is 0.156 e. The molecule has 4 heteroatoms. The lowest BCUT2D eigenvalue weighted by Crippen LogP contribution is -2.42. The first-order chi connectivity index (χ1) is 5.94. The highest BCUT2D eigenvalue weighted by molar-refractivity contribution is 7.92. The zero-order chi connectivity index (χ0) is 10.1. The standard InChI is InChI=1S/C9H19NO2S/c1-8(2)13(11,12)9-5-4-6-10(3)7-9/h8-9H,4-7H2,1-3H3/t9-/m0/s1. The zero-order valence-electron chi connectivity index (χ0n) is 8.66. The molecule has 1 aliphatic heterocycles. The first-order valence-electron chi connectivity index (χ1n) is 4.86. The van der Waals surface area contributed by atoms with Gasteiger partial charge in [-0.25, -0.2) is 8.42 Å². The molecule has 13 heavy (non-hydrogen) atoms. The van der Waals surface area contributed by atoms with Gasteiger partial charge in [-0.3, -0.25) is 0 Å². The molecule has 0 aromatic heterocycles. The molecular weight excluding hydrogens is 186 g/mol. The molecule has 0 aliphatic carbocycles. The molecule has 0 unspecified atom stereocenters. The first-order valence-corrected chi connectivity index (χ1v) is 6.47. The molecular formula is C9H19NO2S. The SMILES string of the molecule is CC(C)S(=O)(=O)[C@H]1CCCN(C)C1. The second kappa shape index (κ2) is 3.96. The van der Waals surface area contributed by atoms with Gasteiger partial charge in [-0.05, 0) is 40.3 Å². The second-order valence-corrected chi connectivity index (χ2v) is 6.95. The van der Waals surface area contributed by atoms with E-state index < -0.39 is 9.84 Å². The summed E-state index contributed by atoms with van der Waals surface area (Å²) in [4.78, 5) is 2.11. The molecule has 1 heterocycles. The fourth-order valence-corrected chi connectivity index (χ4v) is 3.50. The Labute approximate surface area is 81.0 Å². The monoisotopic (exact) mass is 205 g/mol. The number of hydrogen-bond acceptors (Lipinski definition) is 3. The fraction of sp³-hybridized carbons (Fsp3) is 1.00. The van der Waals surface area contributed by atoms with Crippen LogP contribution in [0.3, 0.4) is 0 Å². The molecule has 0 amide bonds. The van der Waals surface area contributed by atoms with Gasteiger partial charge in [0.2, 0.25) is 0 Å². The minimum absolute atomic E-state index is 0.133. The Morgan fingerprint density at radius 2 is 2.00 bits per heavy atom. The molecule has 1 aliphatic rings. The molecule has 0 bridgehead atoms. The molecule has 1 rings (SSSR count). The van der Waals surface area contributed by atoms with Crippen LogP contribution >= 0.6 is 0 Å². The number of likely N-dealkylation sites (tertiary alicyclic amines) is 1. The molecule has 0 aromatic carbocycles. The third-order valence-electron chi connectivity index (χ3n) is 2.70. The van der Waals surface area contributed by atoms with Crippen LogP contribution in [0.4, 0.5) is 0 Å². The summed E-state index contributed by atoms with van der Waals surface area (Å²) in [7, 11) is -0.886. The van der Waals surface area contributed by atoms with E-state index in [2.05, 4.69) is 4.90 Å².